The average Bonchev–Trinajstić information content (AvgIpc) is 1.89. The Morgan fingerprint density at radius 2 is 1.67 bits per heavy atom. The number of hydrogen-bond donors (Lipinski definition) is 0. The van der Waals surface area contributed by atoms with Gasteiger partial charge >= 0.3 is 0 Å². The summed E-state index contributed by atoms with van der Waals surface area (Å²) in [6, 6.07) is 8.75. The van der Waals surface area contributed by atoms with Gasteiger partial charge in [0.05, 0.1) is 0 Å². The van der Waals surface area contributed by atoms with Crippen molar-refractivity contribution < 1.29 is 0 Å². The van der Waals surface area contributed by atoms with Crippen LogP contribution in [0.25, 0.3) is 0 Å². The molecule has 0 saturated carbocycles. The quantitative estimate of drug-likeness (QED) is 0.490. The van der Waals surface area contributed by atoms with Crippen molar-refractivity contribution in [2.75, 3.05) is 0 Å². The van der Waals surface area contributed by atoms with E-state index >= 15 is 0 Å². The Bertz CT molecular complexity index is 217. The summed E-state index contributed by atoms with van der Waals surface area (Å²) in [5.74, 6) is 0. The molecule has 0 heterocycles. The van der Waals surface area contributed by atoms with Crippen molar-refractivity contribution in [1.29, 1.82) is 0 Å². The zero-order chi connectivity index (χ0) is 6.48. The molecule has 0 atom stereocenters. The molecule has 0 unspecified atom stereocenters. The molecule has 3 rings (SSSR count). The van der Waals surface area contributed by atoms with Gasteiger partial charge < -0.3 is 0 Å². The minimum absolute atomic E-state index is 0.370. The van der Waals surface area contributed by atoms with E-state index < -0.39 is 0 Å². The first kappa shape index (κ1) is 5.04. The fraction of sp³-hybridized carbons (Fsp3) is 0.333. The van der Waals surface area contributed by atoms with Crippen LogP contribution >= 0.6 is 0 Å². The molecule has 0 radical (unpaired) electrons. The first-order valence-electron chi connectivity index (χ1n) is 3.32. The Morgan fingerprint density at radius 3 is 1.89 bits per heavy atom. The first-order valence-corrected chi connectivity index (χ1v) is 3.32. The van der Waals surface area contributed by atoms with Crippen LogP contribution in [0, 0.1) is 0 Å². The third-order valence-electron chi connectivity index (χ3n) is 2.31. The monoisotopic (exact) mass is 118 g/mol. The van der Waals surface area contributed by atoms with Crippen LogP contribution in [0.2, 0.25) is 0 Å². The summed E-state index contributed by atoms with van der Waals surface area (Å²) >= 11 is 0. The maximum absolute atomic E-state index is 2.26. The lowest BCUT2D eigenvalue weighted by atomic mass is 9.69. The first-order chi connectivity index (χ1) is 4.21. The van der Waals surface area contributed by atoms with E-state index in [0.717, 1.165) is 0 Å². The van der Waals surface area contributed by atoms with Gasteiger partial charge in [-0.1, -0.05) is 38.1 Å². The van der Waals surface area contributed by atoms with Crippen LogP contribution in [-0.4, -0.2) is 0 Å². The van der Waals surface area contributed by atoms with E-state index in [2.05, 4.69) is 38.1 Å². The molecule has 2 aliphatic carbocycles. The van der Waals surface area contributed by atoms with Gasteiger partial charge in [-0.3, -0.25) is 0 Å². The van der Waals surface area contributed by atoms with E-state index in [0.29, 0.717) is 5.41 Å². The van der Waals surface area contributed by atoms with Crippen molar-refractivity contribution in [1.82, 2.24) is 0 Å². The number of benzene rings is 1. The van der Waals surface area contributed by atoms with Crippen LogP contribution in [-0.2, 0) is 5.41 Å². The molecular weight excluding hydrogens is 108 g/mol. The zero-order valence-electron chi connectivity index (χ0n) is 5.81. The van der Waals surface area contributed by atoms with E-state index in [1.807, 2.05) is 0 Å². The molecule has 0 heteroatoms. The lowest BCUT2D eigenvalue weighted by molar-refractivity contribution is 0.595. The molecule has 2 bridgehead atoms. The molecule has 9 heavy (non-hydrogen) atoms. The molecule has 1 aromatic carbocycles. The van der Waals surface area contributed by atoms with Gasteiger partial charge in [-0.15, -0.1) is 0 Å². The van der Waals surface area contributed by atoms with Crippen LogP contribution in [0.4, 0.5) is 0 Å². The van der Waals surface area contributed by atoms with Crippen LogP contribution in [0.3, 0.4) is 0 Å². The fourth-order valence-corrected chi connectivity index (χ4v) is 1.39. The van der Waals surface area contributed by atoms with Crippen molar-refractivity contribution in [3.05, 3.63) is 35.4 Å². The Morgan fingerprint density at radius 1 is 1.11 bits per heavy atom. The third-order valence-corrected chi connectivity index (χ3v) is 2.31. The summed E-state index contributed by atoms with van der Waals surface area (Å²) in [5, 5.41) is 0. The van der Waals surface area contributed by atoms with E-state index in [4.69, 9.17) is 0 Å². The summed E-state index contributed by atoms with van der Waals surface area (Å²) in [5.41, 5.74) is 3.31. The number of hydrogen-bond acceptors (Lipinski definition) is 0. The molecule has 0 fully saturated rings. The molecule has 0 saturated heterocycles. The van der Waals surface area contributed by atoms with Crippen molar-refractivity contribution in [2.24, 2.45) is 0 Å². The molecule has 0 nitrogen and oxygen atoms in total. The molecule has 0 aliphatic heterocycles. The highest BCUT2D eigenvalue weighted by Gasteiger charge is 2.30. The summed E-state index contributed by atoms with van der Waals surface area (Å²) in [4.78, 5) is 0. The van der Waals surface area contributed by atoms with Gasteiger partial charge in [0.25, 0.3) is 0 Å². The van der Waals surface area contributed by atoms with Crippen LogP contribution < -0.4 is 0 Å². The van der Waals surface area contributed by atoms with Crippen LogP contribution in [0.1, 0.15) is 25.0 Å². The van der Waals surface area contributed by atoms with E-state index in [1.54, 1.807) is 0 Å². The highest BCUT2D eigenvalue weighted by molar-refractivity contribution is 5.48. The molecule has 0 amide bonds. The number of rotatable bonds is 0. The topological polar surface area (TPSA) is 0 Å². The standard InChI is InChI=1S/C9H10/c1-9(2)7-4-3-5-8(9)6-7/h3-6H,1-2H3. The van der Waals surface area contributed by atoms with Gasteiger partial charge in [0.1, 0.15) is 0 Å². The minimum Gasteiger partial charge on any atom is -0.0617 e. The molecule has 1 aromatic rings. The predicted octanol–water partition coefficient (Wildman–Crippen LogP) is 2.33. The average molecular weight is 118 g/mol. The fourth-order valence-electron chi connectivity index (χ4n) is 1.39. The van der Waals surface area contributed by atoms with Crippen molar-refractivity contribution in [3.8, 4) is 0 Å². The highest BCUT2D eigenvalue weighted by Crippen LogP contribution is 2.40. The summed E-state index contributed by atoms with van der Waals surface area (Å²) in [6.07, 6.45) is 0. The van der Waals surface area contributed by atoms with Crippen molar-refractivity contribution in [2.45, 2.75) is 19.3 Å². The second kappa shape index (κ2) is 1.21. The van der Waals surface area contributed by atoms with Gasteiger partial charge in [-0.2, -0.15) is 0 Å². The Hall–Kier alpha value is -0.780. The number of fused-ring (bicyclic) bond motifs is 2. The second-order valence-electron chi connectivity index (χ2n) is 3.21. The molecule has 2 aliphatic rings. The summed E-state index contributed by atoms with van der Waals surface area (Å²) in [7, 11) is 0. The molecule has 0 aromatic heterocycles. The zero-order valence-corrected chi connectivity index (χ0v) is 5.81. The van der Waals surface area contributed by atoms with E-state index in [-0.39, 0.29) is 0 Å². The molecule has 0 N–H and O–H groups in total. The Balaban J connectivity index is 2.65. The van der Waals surface area contributed by atoms with Crippen LogP contribution in [0.5, 0.6) is 0 Å². The Kier molecular flexibility index (Phi) is 0.675. The maximum Gasteiger partial charge on any atom is 0.0146 e. The maximum atomic E-state index is 2.26. The van der Waals surface area contributed by atoms with E-state index in [1.165, 1.54) is 11.1 Å². The molecule has 0 spiro atoms. The van der Waals surface area contributed by atoms with Gasteiger partial charge in [-0.05, 0) is 11.1 Å². The lowest BCUT2D eigenvalue weighted by Gasteiger charge is -2.35. The van der Waals surface area contributed by atoms with Crippen LogP contribution in [0.15, 0.2) is 24.3 Å². The third kappa shape index (κ3) is 0.437. The van der Waals surface area contributed by atoms with E-state index in [9.17, 15) is 0 Å². The van der Waals surface area contributed by atoms with Gasteiger partial charge in [-0.25, -0.2) is 0 Å². The molecule has 46 valence electrons. The van der Waals surface area contributed by atoms with Crippen molar-refractivity contribution >= 4 is 0 Å². The second-order valence-corrected chi connectivity index (χ2v) is 3.21. The van der Waals surface area contributed by atoms with Crippen molar-refractivity contribution in [3.63, 3.8) is 0 Å². The lowest BCUT2D eigenvalue weighted by Crippen LogP contribution is -2.26. The SMILES string of the molecule is CC1(C)c2cccc1c2. The normalized spacial score (nSPS) is 18.9. The smallest absolute Gasteiger partial charge is 0.0146 e. The molecular formula is C9H10. The largest absolute Gasteiger partial charge is 0.0617 e. The Labute approximate surface area is 55.5 Å². The van der Waals surface area contributed by atoms with Gasteiger partial charge in [0, 0.05) is 5.41 Å². The minimum atomic E-state index is 0.370. The highest BCUT2D eigenvalue weighted by atomic mass is 14.3. The van der Waals surface area contributed by atoms with Gasteiger partial charge in [0.15, 0.2) is 0 Å². The predicted molar refractivity (Wildman–Crippen MR) is 38.6 cm³/mol. The summed E-state index contributed by atoms with van der Waals surface area (Å²) < 4.78 is 0. The summed E-state index contributed by atoms with van der Waals surface area (Å²) in [6.45, 7) is 4.52. The van der Waals surface area contributed by atoms with Gasteiger partial charge in [0.2, 0.25) is 0 Å².